The minimum atomic E-state index is -0.144. The molecular weight excluding hydrogens is 342 g/mol. The summed E-state index contributed by atoms with van der Waals surface area (Å²) in [6.45, 7) is 5.46. The van der Waals surface area contributed by atoms with Crippen molar-refractivity contribution in [2.75, 3.05) is 45.9 Å². The summed E-state index contributed by atoms with van der Waals surface area (Å²) in [6, 6.07) is 16.0. The molecule has 0 unspecified atom stereocenters. The standard InChI is InChI=1S/C21H25N3O3/c25-20(23-12-15-24-13-10-22-11-14-24)16-27-19-8-6-18(7-9-19)21(26)17-4-2-1-3-5-17/h1-9,22H,10-16H2,(H,23,25). The Balaban J connectivity index is 1.40. The van der Waals surface area contributed by atoms with Gasteiger partial charge >= 0.3 is 0 Å². The van der Waals surface area contributed by atoms with Crippen LogP contribution in [0, 0.1) is 0 Å². The fourth-order valence-corrected chi connectivity index (χ4v) is 2.95. The van der Waals surface area contributed by atoms with Crippen molar-refractivity contribution in [3.8, 4) is 5.75 Å². The molecular formula is C21H25N3O3. The van der Waals surface area contributed by atoms with Crippen LogP contribution in [-0.2, 0) is 4.79 Å². The van der Waals surface area contributed by atoms with Crippen LogP contribution < -0.4 is 15.4 Å². The van der Waals surface area contributed by atoms with Crippen molar-refractivity contribution in [1.82, 2.24) is 15.5 Å². The minimum Gasteiger partial charge on any atom is -0.484 e. The van der Waals surface area contributed by atoms with Gasteiger partial charge in [-0.1, -0.05) is 30.3 Å². The molecule has 27 heavy (non-hydrogen) atoms. The summed E-state index contributed by atoms with van der Waals surface area (Å²) >= 11 is 0. The Morgan fingerprint density at radius 2 is 1.63 bits per heavy atom. The lowest BCUT2D eigenvalue weighted by Crippen LogP contribution is -2.46. The summed E-state index contributed by atoms with van der Waals surface area (Å²) in [5.74, 6) is 0.388. The number of nitrogens with one attached hydrogen (secondary N) is 2. The fourth-order valence-electron chi connectivity index (χ4n) is 2.95. The first-order chi connectivity index (χ1) is 13.2. The molecule has 1 heterocycles. The van der Waals surface area contributed by atoms with Gasteiger partial charge in [-0.15, -0.1) is 0 Å². The van der Waals surface area contributed by atoms with Crippen molar-refractivity contribution in [1.29, 1.82) is 0 Å². The molecule has 142 valence electrons. The van der Waals surface area contributed by atoms with Crippen LogP contribution in [0.2, 0.25) is 0 Å². The molecule has 6 heteroatoms. The van der Waals surface area contributed by atoms with Crippen LogP contribution in [0.1, 0.15) is 15.9 Å². The highest BCUT2D eigenvalue weighted by Crippen LogP contribution is 2.15. The largest absolute Gasteiger partial charge is 0.484 e. The van der Waals surface area contributed by atoms with E-state index in [0.717, 1.165) is 32.7 Å². The summed E-state index contributed by atoms with van der Waals surface area (Å²) < 4.78 is 5.50. The van der Waals surface area contributed by atoms with Crippen LogP contribution >= 0.6 is 0 Å². The van der Waals surface area contributed by atoms with E-state index in [4.69, 9.17) is 4.74 Å². The first-order valence-electron chi connectivity index (χ1n) is 9.25. The summed E-state index contributed by atoms with van der Waals surface area (Å²) in [5.41, 5.74) is 1.24. The Morgan fingerprint density at radius 1 is 0.963 bits per heavy atom. The van der Waals surface area contributed by atoms with Crippen LogP contribution in [0.5, 0.6) is 5.75 Å². The van der Waals surface area contributed by atoms with E-state index < -0.39 is 0 Å². The molecule has 2 N–H and O–H groups in total. The Labute approximate surface area is 159 Å². The summed E-state index contributed by atoms with van der Waals surface area (Å²) in [7, 11) is 0. The van der Waals surface area contributed by atoms with Crippen molar-refractivity contribution in [3.63, 3.8) is 0 Å². The number of ketones is 1. The predicted octanol–water partition coefficient (Wildman–Crippen LogP) is 1.32. The normalized spacial score (nSPS) is 14.5. The number of nitrogens with zero attached hydrogens (tertiary/aromatic N) is 1. The minimum absolute atomic E-state index is 0.0342. The van der Waals surface area contributed by atoms with Gasteiger partial charge in [0, 0.05) is 50.4 Å². The number of rotatable bonds is 8. The smallest absolute Gasteiger partial charge is 0.257 e. The number of carbonyl (C=O) groups excluding carboxylic acids is 2. The third-order valence-electron chi connectivity index (χ3n) is 4.48. The average molecular weight is 367 g/mol. The second-order valence-electron chi connectivity index (χ2n) is 6.45. The van der Waals surface area contributed by atoms with Gasteiger partial charge in [0.05, 0.1) is 0 Å². The van der Waals surface area contributed by atoms with Crippen molar-refractivity contribution < 1.29 is 14.3 Å². The number of amides is 1. The Bertz CT molecular complexity index is 741. The highest BCUT2D eigenvalue weighted by molar-refractivity contribution is 6.08. The van der Waals surface area contributed by atoms with Gasteiger partial charge in [0.15, 0.2) is 12.4 Å². The molecule has 1 aliphatic heterocycles. The maximum atomic E-state index is 12.4. The van der Waals surface area contributed by atoms with E-state index in [0.29, 0.717) is 23.4 Å². The number of carbonyl (C=O) groups is 2. The highest BCUT2D eigenvalue weighted by atomic mass is 16.5. The number of piperazine rings is 1. The SMILES string of the molecule is O=C(COc1ccc(C(=O)c2ccccc2)cc1)NCCN1CCNCC1. The highest BCUT2D eigenvalue weighted by Gasteiger charge is 2.11. The third-order valence-corrected chi connectivity index (χ3v) is 4.48. The van der Waals surface area contributed by atoms with Gasteiger partial charge in [0.1, 0.15) is 5.75 Å². The molecule has 0 bridgehead atoms. The molecule has 1 aliphatic rings. The van der Waals surface area contributed by atoms with Crippen LogP contribution in [0.15, 0.2) is 54.6 Å². The quantitative estimate of drug-likeness (QED) is 0.689. The monoisotopic (exact) mass is 367 g/mol. The first kappa shape index (κ1) is 19.1. The molecule has 0 spiro atoms. The van der Waals surface area contributed by atoms with E-state index in [1.54, 1.807) is 36.4 Å². The predicted molar refractivity (Wildman–Crippen MR) is 104 cm³/mol. The van der Waals surface area contributed by atoms with Gasteiger partial charge in [0.25, 0.3) is 5.91 Å². The number of benzene rings is 2. The van der Waals surface area contributed by atoms with Gasteiger partial charge in [-0.25, -0.2) is 0 Å². The van der Waals surface area contributed by atoms with E-state index in [9.17, 15) is 9.59 Å². The molecule has 2 aromatic carbocycles. The van der Waals surface area contributed by atoms with Gasteiger partial charge in [-0.3, -0.25) is 14.5 Å². The molecule has 0 aliphatic carbocycles. The first-order valence-corrected chi connectivity index (χ1v) is 9.25. The van der Waals surface area contributed by atoms with E-state index >= 15 is 0 Å². The molecule has 1 amide bonds. The van der Waals surface area contributed by atoms with Crippen molar-refractivity contribution >= 4 is 11.7 Å². The zero-order valence-electron chi connectivity index (χ0n) is 15.3. The lowest BCUT2D eigenvalue weighted by Gasteiger charge is -2.27. The van der Waals surface area contributed by atoms with Gasteiger partial charge in [0.2, 0.25) is 0 Å². The third kappa shape index (κ3) is 5.91. The number of hydrogen-bond donors (Lipinski definition) is 2. The molecule has 0 radical (unpaired) electrons. The van der Waals surface area contributed by atoms with Crippen LogP contribution in [-0.4, -0.2) is 62.5 Å². The second-order valence-corrected chi connectivity index (χ2v) is 6.45. The number of hydrogen-bond acceptors (Lipinski definition) is 5. The molecule has 1 fully saturated rings. The average Bonchev–Trinajstić information content (AvgIpc) is 2.73. The van der Waals surface area contributed by atoms with E-state index in [-0.39, 0.29) is 18.3 Å². The molecule has 0 atom stereocenters. The molecule has 3 rings (SSSR count). The zero-order valence-corrected chi connectivity index (χ0v) is 15.3. The summed E-state index contributed by atoms with van der Waals surface area (Å²) in [5, 5.41) is 6.17. The summed E-state index contributed by atoms with van der Waals surface area (Å²) in [4.78, 5) is 26.6. The fraction of sp³-hybridized carbons (Fsp3) is 0.333. The van der Waals surface area contributed by atoms with E-state index in [1.165, 1.54) is 0 Å². The van der Waals surface area contributed by atoms with E-state index in [1.807, 2.05) is 18.2 Å². The number of ether oxygens (including phenoxy) is 1. The lowest BCUT2D eigenvalue weighted by atomic mass is 10.0. The Morgan fingerprint density at radius 3 is 2.33 bits per heavy atom. The van der Waals surface area contributed by atoms with Crippen LogP contribution in [0.4, 0.5) is 0 Å². The second kappa shape index (κ2) is 9.85. The Kier molecular flexibility index (Phi) is 6.96. The van der Waals surface area contributed by atoms with Crippen molar-refractivity contribution in [2.24, 2.45) is 0 Å². The topological polar surface area (TPSA) is 70.7 Å². The van der Waals surface area contributed by atoms with E-state index in [2.05, 4.69) is 15.5 Å². The Hall–Kier alpha value is -2.70. The van der Waals surface area contributed by atoms with Crippen molar-refractivity contribution in [2.45, 2.75) is 0 Å². The summed E-state index contributed by atoms with van der Waals surface area (Å²) in [6.07, 6.45) is 0. The van der Waals surface area contributed by atoms with Crippen LogP contribution in [0.25, 0.3) is 0 Å². The van der Waals surface area contributed by atoms with Gasteiger partial charge in [-0.2, -0.15) is 0 Å². The molecule has 1 saturated heterocycles. The van der Waals surface area contributed by atoms with Gasteiger partial charge in [-0.05, 0) is 24.3 Å². The maximum absolute atomic E-state index is 12.4. The maximum Gasteiger partial charge on any atom is 0.257 e. The molecule has 2 aromatic rings. The van der Waals surface area contributed by atoms with Crippen molar-refractivity contribution in [3.05, 3.63) is 65.7 Å². The van der Waals surface area contributed by atoms with Gasteiger partial charge < -0.3 is 15.4 Å². The van der Waals surface area contributed by atoms with Crippen LogP contribution in [0.3, 0.4) is 0 Å². The lowest BCUT2D eigenvalue weighted by molar-refractivity contribution is -0.123. The molecule has 0 saturated carbocycles. The molecule has 0 aromatic heterocycles. The zero-order chi connectivity index (χ0) is 18.9. The molecule has 6 nitrogen and oxygen atoms in total.